The molecule has 2 aromatic rings. The van der Waals surface area contributed by atoms with E-state index in [2.05, 4.69) is 57.0 Å². The quantitative estimate of drug-likeness (QED) is 0.493. The topological polar surface area (TPSA) is 79.0 Å². The van der Waals surface area contributed by atoms with E-state index in [1.54, 1.807) is 37.5 Å². The van der Waals surface area contributed by atoms with Gasteiger partial charge in [-0.15, -0.1) is 0 Å². The highest BCUT2D eigenvalue weighted by atomic mass is 32.2. The molecule has 2 heterocycles. The van der Waals surface area contributed by atoms with Gasteiger partial charge in [0.25, 0.3) is 11.1 Å². The van der Waals surface area contributed by atoms with Crippen molar-refractivity contribution in [2.75, 3.05) is 23.9 Å². The summed E-state index contributed by atoms with van der Waals surface area (Å²) in [7, 11) is 1.56. The average Bonchev–Trinajstić information content (AvgIpc) is 3.06. The van der Waals surface area contributed by atoms with Gasteiger partial charge in [-0.2, -0.15) is 0 Å². The van der Waals surface area contributed by atoms with Gasteiger partial charge in [-0.3, -0.25) is 19.3 Å². The van der Waals surface area contributed by atoms with Crippen LogP contribution < -0.4 is 15.0 Å². The van der Waals surface area contributed by atoms with Gasteiger partial charge in [0.2, 0.25) is 5.91 Å². The summed E-state index contributed by atoms with van der Waals surface area (Å²) in [6, 6.07) is 13.4. The number of carbonyl (C=O) groups is 3. The number of thioether (sulfide) groups is 1. The molecule has 0 aliphatic carbocycles. The van der Waals surface area contributed by atoms with Gasteiger partial charge < -0.3 is 15.0 Å². The first kappa shape index (κ1) is 25.8. The van der Waals surface area contributed by atoms with Gasteiger partial charge in [-0.05, 0) is 105 Å². The number of hydrogen-bond acceptors (Lipinski definition) is 6. The van der Waals surface area contributed by atoms with Crippen molar-refractivity contribution in [2.24, 2.45) is 0 Å². The molecule has 0 unspecified atom stereocenters. The zero-order chi connectivity index (χ0) is 26.2. The van der Waals surface area contributed by atoms with E-state index in [9.17, 15) is 14.4 Å². The average molecular weight is 508 g/mol. The molecule has 1 saturated heterocycles. The summed E-state index contributed by atoms with van der Waals surface area (Å²) in [5.41, 5.74) is 3.95. The molecular formula is C28H33N3O4S. The number of fused-ring (bicyclic) bond motifs is 1. The van der Waals surface area contributed by atoms with E-state index in [-0.39, 0.29) is 12.1 Å². The first-order valence-corrected chi connectivity index (χ1v) is 12.9. The molecule has 0 spiro atoms. The smallest absolute Gasteiger partial charge is 0.294 e. The number of anilines is 2. The largest absolute Gasteiger partial charge is 0.497 e. The van der Waals surface area contributed by atoms with Gasteiger partial charge in [-0.1, -0.05) is 13.0 Å². The molecule has 8 heteroatoms. The van der Waals surface area contributed by atoms with Crippen molar-refractivity contribution in [3.05, 3.63) is 58.5 Å². The molecular weight excluding hydrogens is 474 g/mol. The number of nitrogens with zero attached hydrogens (tertiary/aromatic N) is 2. The maximum Gasteiger partial charge on any atom is 0.294 e. The fourth-order valence-electron chi connectivity index (χ4n) is 5.34. The third kappa shape index (κ3) is 5.14. The predicted octanol–water partition coefficient (Wildman–Crippen LogP) is 5.87. The van der Waals surface area contributed by atoms with Gasteiger partial charge in [0.05, 0.1) is 12.0 Å². The van der Waals surface area contributed by atoms with E-state index < -0.39 is 17.1 Å². The van der Waals surface area contributed by atoms with E-state index in [0.717, 1.165) is 28.6 Å². The lowest BCUT2D eigenvalue weighted by molar-refractivity contribution is -0.127. The molecule has 0 bridgehead atoms. The van der Waals surface area contributed by atoms with Crippen molar-refractivity contribution < 1.29 is 19.1 Å². The molecule has 4 rings (SSSR count). The third-order valence-electron chi connectivity index (χ3n) is 6.66. The fraction of sp³-hybridized carbons (Fsp3) is 0.393. The van der Waals surface area contributed by atoms with Crippen LogP contribution >= 0.6 is 11.8 Å². The van der Waals surface area contributed by atoms with Crippen LogP contribution in [0.15, 0.2) is 47.4 Å². The summed E-state index contributed by atoms with van der Waals surface area (Å²) in [6.07, 6.45) is 2.78. The Labute approximate surface area is 216 Å². The molecule has 3 amide bonds. The Morgan fingerprint density at radius 3 is 2.53 bits per heavy atom. The number of hydrogen-bond donors (Lipinski definition) is 1. The van der Waals surface area contributed by atoms with Crippen LogP contribution in [-0.4, -0.2) is 47.2 Å². The Hall–Kier alpha value is -3.26. The first-order valence-electron chi connectivity index (χ1n) is 12.1. The predicted molar refractivity (Wildman–Crippen MR) is 145 cm³/mol. The number of nitrogens with one attached hydrogen (secondary N) is 1. The van der Waals surface area contributed by atoms with E-state index in [0.29, 0.717) is 28.3 Å². The van der Waals surface area contributed by atoms with Crippen molar-refractivity contribution in [3.63, 3.8) is 0 Å². The van der Waals surface area contributed by atoms with E-state index in [1.165, 1.54) is 11.3 Å². The van der Waals surface area contributed by atoms with Crippen LogP contribution in [0.3, 0.4) is 0 Å². The summed E-state index contributed by atoms with van der Waals surface area (Å²) in [5.74, 6) is 0.143. The third-order valence-corrected chi connectivity index (χ3v) is 7.57. The van der Waals surface area contributed by atoms with Gasteiger partial charge in [0.1, 0.15) is 12.3 Å². The van der Waals surface area contributed by atoms with E-state index in [4.69, 9.17) is 4.74 Å². The number of rotatable bonds is 6. The Morgan fingerprint density at radius 1 is 1.19 bits per heavy atom. The van der Waals surface area contributed by atoms with Crippen LogP contribution in [-0.2, 0) is 9.59 Å². The highest BCUT2D eigenvalue weighted by Gasteiger charge is 2.38. The number of benzene rings is 2. The second-order valence-corrected chi connectivity index (χ2v) is 11.2. The Bertz CT molecular complexity index is 1220. The number of imide groups is 1. The van der Waals surface area contributed by atoms with Crippen molar-refractivity contribution in [1.29, 1.82) is 0 Å². The zero-order valence-electron chi connectivity index (χ0n) is 21.6. The SMILES string of the molecule is COc1ccc(NC(=O)CN2C(=O)S/C(=C\c3ccc4c(c3)[C@H](C)CC(C)(C)N4C(C)C)C2=O)cc1. The van der Waals surface area contributed by atoms with Crippen LogP contribution in [0.2, 0.25) is 0 Å². The Kier molecular flexibility index (Phi) is 7.18. The molecule has 36 heavy (non-hydrogen) atoms. The fourth-order valence-corrected chi connectivity index (χ4v) is 6.18. The molecule has 1 atom stereocenters. The van der Waals surface area contributed by atoms with E-state index >= 15 is 0 Å². The molecule has 1 fully saturated rings. The highest BCUT2D eigenvalue weighted by Crippen LogP contribution is 2.45. The molecule has 0 aromatic heterocycles. The molecule has 2 aliphatic rings. The van der Waals surface area contributed by atoms with Gasteiger partial charge in [0.15, 0.2) is 0 Å². The van der Waals surface area contributed by atoms with Crippen molar-refractivity contribution >= 4 is 46.3 Å². The molecule has 1 N–H and O–H groups in total. The van der Waals surface area contributed by atoms with Crippen molar-refractivity contribution in [1.82, 2.24) is 4.90 Å². The minimum atomic E-state index is -0.453. The summed E-state index contributed by atoms with van der Waals surface area (Å²) < 4.78 is 5.11. The van der Waals surface area contributed by atoms with E-state index in [1.807, 2.05) is 6.07 Å². The van der Waals surface area contributed by atoms with Crippen LogP contribution in [0.25, 0.3) is 6.08 Å². The normalized spacial score (nSPS) is 20.2. The second kappa shape index (κ2) is 10.0. The number of ether oxygens (including phenoxy) is 1. The van der Waals surface area contributed by atoms with Crippen LogP contribution in [0.1, 0.15) is 58.1 Å². The second-order valence-electron chi connectivity index (χ2n) is 10.2. The standard InChI is InChI=1S/C28H33N3O4S/c1-17(2)31-23-12-7-19(13-22(23)18(3)15-28(31,4)5)14-24-26(33)30(27(34)36-24)16-25(32)29-20-8-10-21(35-6)11-9-20/h7-14,17-18H,15-16H2,1-6H3,(H,29,32)/b24-14-/t18-/m1/s1. The van der Waals surface area contributed by atoms with Gasteiger partial charge >= 0.3 is 0 Å². The lowest BCUT2D eigenvalue weighted by Crippen LogP contribution is -2.51. The molecule has 2 aliphatic heterocycles. The summed E-state index contributed by atoms with van der Waals surface area (Å²) in [6.45, 7) is 10.9. The number of carbonyl (C=O) groups excluding carboxylic acids is 3. The molecule has 7 nitrogen and oxygen atoms in total. The van der Waals surface area contributed by atoms with Gasteiger partial charge in [0, 0.05) is 23.0 Å². The Morgan fingerprint density at radius 2 is 1.89 bits per heavy atom. The molecule has 190 valence electrons. The van der Waals surface area contributed by atoms with Crippen LogP contribution in [0.5, 0.6) is 5.75 Å². The lowest BCUT2D eigenvalue weighted by Gasteiger charge is -2.50. The van der Waals surface area contributed by atoms with Crippen molar-refractivity contribution in [3.8, 4) is 5.75 Å². The Balaban J connectivity index is 1.50. The maximum absolute atomic E-state index is 13.0. The maximum atomic E-state index is 13.0. The molecule has 0 radical (unpaired) electrons. The first-order chi connectivity index (χ1) is 17.0. The zero-order valence-corrected chi connectivity index (χ0v) is 22.4. The summed E-state index contributed by atoms with van der Waals surface area (Å²) in [5, 5.41) is 2.26. The molecule has 0 saturated carbocycles. The van der Waals surface area contributed by atoms with Crippen LogP contribution in [0, 0.1) is 0 Å². The lowest BCUT2D eigenvalue weighted by atomic mass is 9.79. The number of methoxy groups -OCH3 is 1. The molecule has 2 aromatic carbocycles. The van der Waals surface area contributed by atoms with Gasteiger partial charge in [-0.25, -0.2) is 0 Å². The summed E-state index contributed by atoms with van der Waals surface area (Å²) in [4.78, 5) is 41.8. The highest BCUT2D eigenvalue weighted by molar-refractivity contribution is 8.18. The summed E-state index contributed by atoms with van der Waals surface area (Å²) >= 11 is 0.865. The minimum absolute atomic E-state index is 0.0527. The minimum Gasteiger partial charge on any atom is -0.497 e. The monoisotopic (exact) mass is 507 g/mol. The van der Waals surface area contributed by atoms with Crippen LogP contribution in [0.4, 0.5) is 16.2 Å². The number of amides is 3. The van der Waals surface area contributed by atoms with Crippen molar-refractivity contribution in [2.45, 2.75) is 58.5 Å².